The number of rotatable bonds is 48. The molecule has 0 fully saturated rings. The van der Waals surface area contributed by atoms with Gasteiger partial charge >= 0.3 is 17.9 Å². The molecule has 0 spiro atoms. The van der Waals surface area contributed by atoms with Gasteiger partial charge in [0.2, 0.25) is 0 Å². The maximum atomic E-state index is 12.8. The van der Waals surface area contributed by atoms with E-state index in [0.29, 0.717) is 19.3 Å². The number of allylic oxidation sites excluding steroid dienone is 2. The smallest absolute Gasteiger partial charge is 0.306 e. The average molecular weight is 833 g/mol. The molecule has 0 saturated heterocycles. The second-order valence-corrected chi connectivity index (χ2v) is 17.8. The van der Waals surface area contributed by atoms with Gasteiger partial charge in [-0.25, -0.2) is 0 Å². The predicted molar refractivity (Wildman–Crippen MR) is 252 cm³/mol. The summed E-state index contributed by atoms with van der Waals surface area (Å²) in [7, 11) is 0. The Bertz CT molecular complexity index is 916. The monoisotopic (exact) mass is 833 g/mol. The first-order valence-corrected chi connectivity index (χ1v) is 26.2. The second-order valence-electron chi connectivity index (χ2n) is 17.8. The van der Waals surface area contributed by atoms with Crippen LogP contribution in [-0.4, -0.2) is 37.2 Å². The van der Waals surface area contributed by atoms with Crippen molar-refractivity contribution in [2.45, 2.75) is 297 Å². The second kappa shape index (κ2) is 48.8. The molecule has 0 bridgehead atoms. The Hall–Kier alpha value is -1.85. The topological polar surface area (TPSA) is 78.9 Å². The van der Waals surface area contributed by atoms with Crippen molar-refractivity contribution < 1.29 is 28.6 Å². The first kappa shape index (κ1) is 57.1. The van der Waals surface area contributed by atoms with E-state index >= 15 is 0 Å². The van der Waals surface area contributed by atoms with E-state index in [1.807, 2.05) is 0 Å². The molecule has 0 aromatic carbocycles. The van der Waals surface area contributed by atoms with Crippen molar-refractivity contribution in [1.82, 2.24) is 0 Å². The van der Waals surface area contributed by atoms with Gasteiger partial charge in [-0.3, -0.25) is 14.4 Å². The highest BCUT2D eigenvalue weighted by Crippen LogP contribution is 2.16. The van der Waals surface area contributed by atoms with Crippen LogP contribution in [0.1, 0.15) is 290 Å². The van der Waals surface area contributed by atoms with Crippen molar-refractivity contribution in [3.8, 4) is 0 Å². The molecule has 59 heavy (non-hydrogen) atoms. The molecule has 0 aliphatic rings. The van der Waals surface area contributed by atoms with E-state index in [9.17, 15) is 14.4 Å². The summed E-state index contributed by atoms with van der Waals surface area (Å²) in [4.78, 5) is 37.9. The molecular weight excluding hydrogens is 733 g/mol. The Balaban J connectivity index is 4.28. The van der Waals surface area contributed by atoms with Crippen LogP contribution in [0.15, 0.2) is 12.2 Å². The zero-order valence-electron chi connectivity index (χ0n) is 39.8. The van der Waals surface area contributed by atoms with Crippen molar-refractivity contribution in [3.05, 3.63) is 12.2 Å². The molecule has 0 amide bonds. The van der Waals surface area contributed by atoms with Crippen molar-refractivity contribution in [2.24, 2.45) is 0 Å². The Labute approximate surface area is 367 Å². The molecule has 0 heterocycles. The van der Waals surface area contributed by atoms with E-state index in [4.69, 9.17) is 14.2 Å². The van der Waals surface area contributed by atoms with Gasteiger partial charge in [0.25, 0.3) is 0 Å². The fourth-order valence-corrected chi connectivity index (χ4v) is 7.79. The third-order valence-electron chi connectivity index (χ3n) is 11.8. The summed E-state index contributed by atoms with van der Waals surface area (Å²) < 4.78 is 16.8. The highest BCUT2D eigenvalue weighted by molar-refractivity contribution is 5.71. The van der Waals surface area contributed by atoms with Crippen molar-refractivity contribution in [2.75, 3.05) is 13.2 Å². The summed E-state index contributed by atoms with van der Waals surface area (Å²) >= 11 is 0. The van der Waals surface area contributed by atoms with E-state index < -0.39 is 6.10 Å². The van der Waals surface area contributed by atoms with Crippen LogP contribution in [0.4, 0.5) is 0 Å². The van der Waals surface area contributed by atoms with Crippen LogP contribution in [0, 0.1) is 0 Å². The number of hydrogen-bond acceptors (Lipinski definition) is 6. The van der Waals surface area contributed by atoms with Gasteiger partial charge in [0.15, 0.2) is 6.10 Å². The van der Waals surface area contributed by atoms with E-state index in [2.05, 4.69) is 32.9 Å². The molecule has 0 radical (unpaired) electrons. The molecule has 0 aliphatic heterocycles. The fourth-order valence-electron chi connectivity index (χ4n) is 7.79. The highest BCUT2D eigenvalue weighted by Gasteiger charge is 2.19. The lowest BCUT2D eigenvalue weighted by molar-refractivity contribution is -0.167. The molecule has 0 aromatic rings. The summed E-state index contributed by atoms with van der Waals surface area (Å²) in [5, 5.41) is 0. The third-order valence-corrected chi connectivity index (χ3v) is 11.8. The Kier molecular flexibility index (Phi) is 47.3. The number of hydrogen-bond donors (Lipinski definition) is 0. The van der Waals surface area contributed by atoms with Gasteiger partial charge in [-0.15, -0.1) is 0 Å². The first-order valence-electron chi connectivity index (χ1n) is 26.2. The minimum atomic E-state index is -0.765. The normalized spacial score (nSPS) is 12.0. The Morgan fingerprint density at radius 3 is 0.864 bits per heavy atom. The molecule has 0 saturated carbocycles. The minimum absolute atomic E-state index is 0.0672. The summed E-state index contributed by atoms with van der Waals surface area (Å²) in [5.74, 6) is -0.860. The van der Waals surface area contributed by atoms with Crippen LogP contribution in [0.3, 0.4) is 0 Å². The van der Waals surface area contributed by atoms with E-state index in [-0.39, 0.29) is 31.1 Å². The Morgan fingerprint density at radius 1 is 0.322 bits per heavy atom. The van der Waals surface area contributed by atoms with E-state index in [1.165, 1.54) is 186 Å². The summed E-state index contributed by atoms with van der Waals surface area (Å²) in [6, 6.07) is 0. The Morgan fingerprint density at radius 2 is 0.559 bits per heavy atom. The molecule has 6 heteroatoms. The zero-order chi connectivity index (χ0) is 43.0. The molecule has 0 unspecified atom stereocenters. The highest BCUT2D eigenvalue weighted by atomic mass is 16.6. The maximum absolute atomic E-state index is 12.8. The number of carbonyl (C=O) groups is 3. The van der Waals surface area contributed by atoms with E-state index in [1.54, 1.807) is 0 Å². The lowest BCUT2D eigenvalue weighted by atomic mass is 10.0. The van der Waals surface area contributed by atoms with E-state index in [0.717, 1.165) is 64.2 Å². The quantitative estimate of drug-likeness (QED) is 0.0263. The maximum Gasteiger partial charge on any atom is 0.306 e. The largest absolute Gasteiger partial charge is 0.462 e. The third kappa shape index (κ3) is 47.1. The fraction of sp³-hybridized carbons (Fsp3) is 0.906. The van der Waals surface area contributed by atoms with Crippen molar-refractivity contribution in [3.63, 3.8) is 0 Å². The van der Waals surface area contributed by atoms with Gasteiger partial charge in [-0.1, -0.05) is 238 Å². The molecule has 6 nitrogen and oxygen atoms in total. The molecule has 0 rings (SSSR count). The van der Waals surface area contributed by atoms with Crippen LogP contribution < -0.4 is 0 Å². The summed E-state index contributed by atoms with van der Waals surface area (Å²) in [6.07, 6.45) is 53.4. The van der Waals surface area contributed by atoms with Crippen LogP contribution >= 0.6 is 0 Å². The first-order chi connectivity index (χ1) is 29.0. The molecule has 0 N–H and O–H groups in total. The molecular formula is C53H100O6. The SMILES string of the molecule is CCCCCC/C=C\CCCCCCCC(=O)OC[C@H](COC(=O)CCCCCCCCCCCCCCCCCCC)OC(=O)CCCCCCCCCCCCC. The van der Waals surface area contributed by atoms with Crippen LogP contribution in [-0.2, 0) is 28.6 Å². The van der Waals surface area contributed by atoms with Gasteiger partial charge < -0.3 is 14.2 Å². The summed E-state index contributed by atoms with van der Waals surface area (Å²) in [6.45, 7) is 6.65. The van der Waals surface area contributed by atoms with Gasteiger partial charge in [-0.05, 0) is 44.9 Å². The molecule has 1 atom stereocenters. The lowest BCUT2D eigenvalue weighted by Crippen LogP contribution is -2.30. The summed E-state index contributed by atoms with van der Waals surface area (Å²) in [5.41, 5.74) is 0. The van der Waals surface area contributed by atoms with Crippen LogP contribution in [0.2, 0.25) is 0 Å². The van der Waals surface area contributed by atoms with Gasteiger partial charge in [0.05, 0.1) is 0 Å². The van der Waals surface area contributed by atoms with Crippen molar-refractivity contribution >= 4 is 17.9 Å². The molecule has 0 aromatic heterocycles. The predicted octanol–water partition coefficient (Wildman–Crippen LogP) is 17.0. The molecule has 0 aliphatic carbocycles. The zero-order valence-corrected chi connectivity index (χ0v) is 39.8. The van der Waals surface area contributed by atoms with Gasteiger partial charge in [-0.2, -0.15) is 0 Å². The number of carbonyl (C=O) groups excluding carboxylic acids is 3. The number of unbranched alkanes of at least 4 members (excludes halogenated alkanes) is 35. The average Bonchev–Trinajstić information content (AvgIpc) is 3.23. The lowest BCUT2D eigenvalue weighted by Gasteiger charge is -2.18. The number of esters is 3. The van der Waals surface area contributed by atoms with Gasteiger partial charge in [0.1, 0.15) is 13.2 Å². The minimum Gasteiger partial charge on any atom is -0.462 e. The molecule has 348 valence electrons. The van der Waals surface area contributed by atoms with Crippen LogP contribution in [0.25, 0.3) is 0 Å². The van der Waals surface area contributed by atoms with Crippen LogP contribution in [0.5, 0.6) is 0 Å². The number of ether oxygens (including phenoxy) is 3. The van der Waals surface area contributed by atoms with Crippen molar-refractivity contribution in [1.29, 1.82) is 0 Å². The standard InChI is InChI=1S/C53H100O6/c1-4-7-10-13-16-19-22-24-25-26-27-29-32-34-37-40-43-46-52(55)58-49-50(59-53(56)47-44-41-38-35-30-21-18-15-12-9-6-3)48-57-51(54)45-42-39-36-33-31-28-23-20-17-14-11-8-5-2/h20,23,50H,4-19,21-22,24-49H2,1-3H3/b23-20-/t50-/m1/s1. The van der Waals surface area contributed by atoms with Gasteiger partial charge in [0, 0.05) is 19.3 Å².